The van der Waals surface area contributed by atoms with Crippen molar-refractivity contribution in [3.8, 4) is 0 Å². The normalized spacial score (nSPS) is 28.2. The number of hydrogen-bond acceptors (Lipinski definition) is 4. The summed E-state index contributed by atoms with van der Waals surface area (Å²) in [4.78, 5) is 2.42. The molecule has 3 aliphatic heterocycles. The Kier molecular flexibility index (Phi) is 2.89. The Morgan fingerprint density at radius 1 is 1.33 bits per heavy atom. The van der Waals surface area contributed by atoms with E-state index in [4.69, 9.17) is 4.52 Å². The summed E-state index contributed by atoms with van der Waals surface area (Å²) in [5.74, 6) is -0.591. The lowest BCUT2D eigenvalue weighted by Crippen LogP contribution is -2.53. The third-order valence-electron chi connectivity index (χ3n) is 4.86. The standard InChI is InChI=1S/C15H17F2N3O/c1-8-13(17)11(16)6-10-14(8)21-19-15(10)18-12-7-20-4-2-9(12)3-5-20/h6,9,12H,2-5,7H2,1H3,(H,18,19)/t12-/m1/s1. The molecular weight excluding hydrogens is 276 g/mol. The summed E-state index contributed by atoms with van der Waals surface area (Å²) in [5.41, 5.74) is 0.483. The Hall–Kier alpha value is -1.69. The van der Waals surface area contributed by atoms with E-state index in [1.807, 2.05) is 0 Å². The number of halogens is 2. The minimum Gasteiger partial charge on any atom is -0.362 e. The van der Waals surface area contributed by atoms with Crippen molar-refractivity contribution < 1.29 is 13.3 Å². The number of hydrogen-bond donors (Lipinski definition) is 1. The zero-order valence-electron chi connectivity index (χ0n) is 11.8. The molecule has 1 atom stereocenters. The molecule has 1 aromatic carbocycles. The van der Waals surface area contributed by atoms with Crippen LogP contribution < -0.4 is 5.32 Å². The van der Waals surface area contributed by atoms with E-state index in [0.29, 0.717) is 28.7 Å². The highest BCUT2D eigenvalue weighted by atomic mass is 19.2. The first-order valence-electron chi connectivity index (χ1n) is 7.36. The molecule has 3 saturated heterocycles. The maximum atomic E-state index is 13.6. The minimum atomic E-state index is -0.868. The largest absolute Gasteiger partial charge is 0.362 e. The van der Waals surface area contributed by atoms with Crippen molar-refractivity contribution in [3.05, 3.63) is 23.3 Å². The van der Waals surface area contributed by atoms with E-state index in [1.165, 1.54) is 19.8 Å². The molecule has 0 spiro atoms. The molecule has 4 heterocycles. The van der Waals surface area contributed by atoms with Gasteiger partial charge in [-0.25, -0.2) is 8.78 Å². The molecule has 0 amide bonds. The zero-order chi connectivity index (χ0) is 14.6. The molecule has 21 heavy (non-hydrogen) atoms. The second-order valence-corrected chi connectivity index (χ2v) is 6.09. The number of piperidine rings is 3. The van der Waals surface area contributed by atoms with Crippen molar-refractivity contribution in [3.63, 3.8) is 0 Å². The van der Waals surface area contributed by atoms with Gasteiger partial charge in [0, 0.05) is 18.2 Å². The molecular formula is C15H17F2N3O. The van der Waals surface area contributed by atoms with Crippen LogP contribution in [-0.2, 0) is 0 Å². The average Bonchev–Trinajstić information content (AvgIpc) is 2.89. The van der Waals surface area contributed by atoms with E-state index >= 15 is 0 Å². The smallest absolute Gasteiger partial charge is 0.177 e. The van der Waals surface area contributed by atoms with Gasteiger partial charge in [-0.3, -0.25) is 0 Å². The molecule has 3 aliphatic rings. The predicted octanol–water partition coefficient (Wildman–Crippen LogP) is 2.92. The molecule has 0 radical (unpaired) electrons. The second-order valence-electron chi connectivity index (χ2n) is 6.09. The topological polar surface area (TPSA) is 41.3 Å². The quantitative estimate of drug-likeness (QED) is 0.924. The summed E-state index contributed by atoms with van der Waals surface area (Å²) < 4.78 is 32.4. The first-order valence-corrected chi connectivity index (χ1v) is 7.36. The van der Waals surface area contributed by atoms with Gasteiger partial charge in [0.05, 0.1) is 5.39 Å². The Morgan fingerprint density at radius 3 is 2.76 bits per heavy atom. The fraction of sp³-hybridized carbons (Fsp3) is 0.533. The summed E-state index contributed by atoms with van der Waals surface area (Å²) in [6, 6.07) is 1.46. The number of aromatic nitrogens is 1. The Labute approximate surface area is 121 Å². The minimum absolute atomic E-state index is 0.166. The molecule has 2 aromatic rings. The van der Waals surface area contributed by atoms with Crippen molar-refractivity contribution in [2.75, 3.05) is 25.0 Å². The SMILES string of the molecule is Cc1c(F)c(F)cc2c(N[C@@H]3CN4CCC3CC4)noc12. The molecule has 5 rings (SSSR count). The summed E-state index contributed by atoms with van der Waals surface area (Å²) in [5, 5.41) is 7.87. The number of anilines is 1. The molecule has 2 bridgehead atoms. The number of rotatable bonds is 2. The number of benzene rings is 1. The molecule has 3 fully saturated rings. The number of aryl methyl sites for hydroxylation is 1. The third kappa shape index (κ3) is 2.00. The van der Waals surface area contributed by atoms with Crippen molar-refractivity contribution in [1.82, 2.24) is 10.1 Å². The molecule has 1 N–H and O–H groups in total. The third-order valence-corrected chi connectivity index (χ3v) is 4.86. The molecule has 0 aliphatic carbocycles. The van der Waals surface area contributed by atoms with Crippen LogP contribution >= 0.6 is 0 Å². The van der Waals surface area contributed by atoms with Crippen LogP contribution in [0.1, 0.15) is 18.4 Å². The molecule has 0 unspecified atom stereocenters. The fourth-order valence-corrected chi connectivity index (χ4v) is 3.58. The molecule has 0 saturated carbocycles. The lowest BCUT2D eigenvalue weighted by Gasteiger charge is -2.44. The summed E-state index contributed by atoms with van der Waals surface area (Å²) in [6.45, 7) is 4.79. The van der Waals surface area contributed by atoms with E-state index in [9.17, 15) is 8.78 Å². The average molecular weight is 293 g/mol. The lowest BCUT2D eigenvalue weighted by atomic mass is 9.84. The Bertz CT molecular complexity index is 692. The maximum absolute atomic E-state index is 13.6. The van der Waals surface area contributed by atoms with Crippen molar-refractivity contribution >= 4 is 16.8 Å². The number of nitrogens with one attached hydrogen (secondary N) is 1. The van der Waals surface area contributed by atoms with Crippen molar-refractivity contribution in [2.24, 2.45) is 5.92 Å². The van der Waals surface area contributed by atoms with Crippen molar-refractivity contribution in [2.45, 2.75) is 25.8 Å². The second kappa shape index (κ2) is 4.66. The van der Waals surface area contributed by atoms with Crippen LogP contribution in [0.15, 0.2) is 10.6 Å². The van der Waals surface area contributed by atoms with Crippen LogP contribution in [0.5, 0.6) is 0 Å². The van der Waals surface area contributed by atoms with Crippen molar-refractivity contribution in [1.29, 1.82) is 0 Å². The monoisotopic (exact) mass is 293 g/mol. The molecule has 112 valence electrons. The van der Waals surface area contributed by atoms with E-state index in [1.54, 1.807) is 0 Å². The van der Waals surface area contributed by atoms with E-state index < -0.39 is 11.6 Å². The Balaban J connectivity index is 1.68. The predicted molar refractivity (Wildman–Crippen MR) is 75.2 cm³/mol. The van der Waals surface area contributed by atoms with E-state index in [-0.39, 0.29) is 5.56 Å². The first-order chi connectivity index (χ1) is 10.1. The Morgan fingerprint density at radius 2 is 2.10 bits per heavy atom. The van der Waals surface area contributed by atoms with Crippen LogP contribution in [0.3, 0.4) is 0 Å². The zero-order valence-corrected chi connectivity index (χ0v) is 11.8. The van der Waals surface area contributed by atoms with Gasteiger partial charge in [0.2, 0.25) is 0 Å². The summed E-state index contributed by atoms with van der Waals surface area (Å²) in [7, 11) is 0. The van der Waals surface area contributed by atoms with Gasteiger partial charge in [-0.1, -0.05) is 5.16 Å². The number of fused-ring (bicyclic) bond motifs is 4. The summed E-state index contributed by atoms with van der Waals surface area (Å²) in [6.07, 6.45) is 2.35. The first kappa shape index (κ1) is 13.0. The van der Waals surface area contributed by atoms with Crippen LogP contribution in [-0.4, -0.2) is 35.7 Å². The van der Waals surface area contributed by atoms with Gasteiger partial charge < -0.3 is 14.7 Å². The van der Waals surface area contributed by atoms with E-state index in [2.05, 4.69) is 15.4 Å². The maximum Gasteiger partial charge on any atom is 0.177 e. The molecule has 1 aromatic heterocycles. The van der Waals surface area contributed by atoms with Gasteiger partial charge >= 0.3 is 0 Å². The highest BCUT2D eigenvalue weighted by molar-refractivity contribution is 5.90. The van der Waals surface area contributed by atoms with Gasteiger partial charge in [0.25, 0.3) is 0 Å². The number of nitrogens with zero attached hydrogens (tertiary/aromatic N) is 2. The van der Waals surface area contributed by atoms with Crippen LogP contribution in [0.4, 0.5) is 14.6 Å². The van der Waals surface area contributed by atoms with Gasteiger partial charge in [-0.2, -0.15) is 0 Å². The van der Waals surface area contributed by atoms with Gasteiger partial charge in [0.1, 0.15) is 0 Å². The van der Waals surface area contributed by atoms with Crippen LogP contribution in [0, 0.1) is 24.5 Å². The van der Waals surface area contributed by atoms with Crippen LogP contribution in [0.2, 0.25) is 0 Å². The van der Waals surface area contributed by atoms with Gasteiger partial charge in [0.15, 0.2) is 23.0 Å². The van der Waals surface area contributed by atoms with Gasteiger partial charge in [-0.05, 0) is 44.8 Å². The highest BCUT2D eigenvalue weighted by Gasteiger charge is 2.34. The molecule has 6 heteroatoms. The van der Waals surface area contributed by atoms with Crippen LogP contribution in [0.25, 0.3) is 11.0 Å². The molecule has 4 nitrogen and oxygen atoms in total. The summed E-state index contributed by atoms with van der Waals surface area (Å²) >= 11 is 0. The fourth-order valence-electron chi connectivity index (χ4n) is 3.58. The van der Waals surface area contributed by atoms with Gasteiger partial charge in [-0.15, -0.1) is 0 Å². The highest BCUT2D eigenvalue weighted by Crippen LogP contribution is 2.33. The lowest BCUT2D eigenvalue weighted by molar-refractivity contribution is 0.0973. The van der Waals surface area contributed by atoms with E-state index in [0.717, 1.165) is 25.7 Å².